The van der Waals surface area contributed by atoms with Crippen LogP contribution in [0.4, 0.5) is 19.0 Å². The molecule has 0 atom stereocenters. The lowest BCUT2D eigenvalue weighted by Crippen LogP contribution is -2.54. The monoisotopic (exact) mass is 402 g/mol. The minimum atomic E-state index is -4.44. The van der Waals surface area contributed by atoms with Crippen LogP contribution < -0.4 is 15.6 Å². The van der Waals surface area contributed by atoms with Crippen LogP contribution in [0.25, 0.3) is 0 Å². The standard InChI is InChI=1S/C19H23ClF3N3O/c20-15-6-14(19(21,22)23)10-26-16(15)24-1-2-25-17(27)18-7-11-3-12(8-18)5-13(4-11)9-18/h6,10-13H,1-5,7-9H2,(H,24,26)(H,25,27)/p+1. The van der Waals surface area contributed by atoms with E-state index in [1.54, 1.807) is 0 Å². The summed E-state index contributed by atoms with van der Waals surface area (Å²) in [6, 6.07) is 0.883. The molecule has 3 N–H and O–H groups in total. The quantitative estimate of drug-likeness (QED) is 0.733. The predicted molar refractivity (Wildman–Crippen MR) is 95.1 cm³/mol. The lowest BCUT2D eigenvalue weighted by molar-refractivity contribution is -0.364. The molecule has 1 heterocycles. The Hall–Kier alpha value is -1.50. The van der Waals surface area contributed by atoms with E-state index in [1.807, 2.05) is 0 Å². The second kappa shape index (κ2) is 6.83. The van der Waals surface area contributed by atoms with Gasteiger partial charge in [0.15, 0.2) is 0 Å². The van der Waals surface area contributed by atoms with E-state index in [4.69, 9.17) is 11.6 Å². The first kappa shape index (κ1) is 18.8. The Morgan fingerprint density at radius 2 is 1.74 bits per heavy atom. The summed E-state index contributed by atoms with van der Waals surface area (Å²) in [4.78, 5) is 15.4. The third kappa shape index (κ3) is 3.75. The van der Waals surface area contributed by atoms with Crippen LogP contribution in [0.2, 0.25) is 5.02 Å². The fourth-order valence-corrected chi connectivity index (χ4v) is 5.95. The number of halogens is 4. The van der Waals surface area contributed by atoms with Crippen LogP contribution in [-0.2, 0) is 11.0 Å². The fourth-order valence-electron chi connectivity index (χ4n) is 5.71. The zero-order valence-corrected chi connectivity index (χ0v) is 15.7. The topological polar surface area (TPSA) is 55.3 Å². The molecule has 4 saturated carbocycles. The van der Waals surface area contributed by atoms with E-state index in [9.17, 15) is 18.0 Å². The molecular formula is C19H24ClF3N3O+. The maximum absolute atomic E-state index is 12.8. The van der Waals surface area contributed by atoms with Crippen molar-refractivity contribution in [1.82, 2.24) is 5.32 Å². The number of H-pyrrole nitrogens is 1. The Labute approximate surface area is 161 Å². The summed E-state index contributed by atoms with van der Waals surface area (Å²) in [7, 11) is 0. The molecule has 0 radical (unpaired) electrons. The van der Waals surface area contributed by atoms with Crippen molar-refractivity contribution in [1.29, 1.82) is 0 Å². The van der Waals surface area contributed by atoms with Gasteiger partial charge >= 0.3 is 6.18 Å². The number of anilines is 1. The summed E-state index contributed by atoms with van der Waals surface area (Å²) in [5.74, 6) is 2.58. The molecule has 1 aromatic heterocycles. The van der Waals surface area contributed by atoms with Gasteiger partial charge in [0.25, 0.3) is 5.82 Å². The van der Waals surface area contributed by atoms with Crippen molar-refractivity contribution in [3.63, 3.8) is 0 Å². The number of aromatic amines is 1. The summed E-state index contributed by atoms with van der Waals surface area (Å²) < 4.78 is 38.0. The highest BCUT2D eigenvalue weighted by atomic mass is 35.5. The molecule has 4 aliphatic rings. The van der Waals surface area contributed by atoms with Crippen LogP contribution >= 0.6 is 11.6 Å². The smallest absolute Gasteiger partial charge is 0.352 e. The van der Waals surface area contributed by atoms with E-state index < -0.39 is 11.7 Å². The summed E-state index contributed by atoms with van der Waals surface area (Å²) in [6.45, 7) is 0.797. The fraction of sp³-hybridized carbons (Fsp3) is 0.684. The molecular weight excluding hydrogens is 379 g/mol. The Kier molecular flexibility index (Phi) is 4.77. The van der Waals surface area contributed by atoms with Gasteiger partial charge in [-0.05, 0) is 62.3 Å². The van der Waals surface area contributed by atoms with E-state index in [-0.39, 0.29) is 16.3 Å². The average molecular weight is 403 g/mol. The minimum Gasteiger partial charge on any atom is -0.352 e. The number of amides is 1. The molecule has 5 rings (SSSR count). The Bertz CT molecular complexity index is 702. The van der Waals surface area contributed by atoms with Gasteiger partial charge in [0, 0.05) is 5.41 Å². The maximum Gasteiger partial charge on any atom is 0.419 e. The van der Waals surface area contributed by atoms with Crippen LogP contribution in [0.1, 0.15) is 44.1 Å². The number of rotatable bonds is 5. The van der Waals surface area contributed by atoms with E-state index in [0.29, 0.717) is 36.7 Å². The van der Waals surface area contributed by atoms with Gasteiger partial charge in [0.1, 0.15) is 17.8 Å². The lowest BCUT2D eigenvalue weighted by atomic mass is 9.49. The highest BCUT2D eigenvalue weighted by Crippen LogP contribution is 2.60. The summed E-state index contributed by atoms with van der Waals surface area (Å²) in [5.41, 5.74) is -1.01. The number of hydrogen-bond donors (Lipinski definition) is 2. The predicted octanol–water partition coefficient (Wildman–Crippen LogP) is 3.92. The first-order valence-corrected chi connectivity index (χ1v) is 9.93. The van der Waals surface area contributed by atoms with Gasteiger partial charge in [-0.15, -0.1) is 0 Å². The van der Waals surface area contributed by atoms with Gasteiger partial charge in [-0.25, -0.2) is 4.98 Å². The van der Waals surface area contributed by atoms with Crippen LogP contribution in [0.5, 0.6) is 0 Å². The van der Waals surface area contributed by atoms with Crippen LogP contribution in [0.15, 0.2) is 12.3 Å². The second-order valence-electron chi connectivity index (χ2n) is 8.49. The van der Waals surface area contributed by atoms with Gasteiger partial charge in [0.05, 0.1) is 12.1 Å². The van der Waals surface area contributed by atoms with Crippen molar-refractivity contribution >= 4 is 23.3 Å². The molecule has 1 aromatic rings. The van der Waals surface area contributed by atoms with Crippen molar-refractivity contribution in [3.05, 3.63) is 22.8 Å². The molecule has 27 heavy (non-hydrogen) atoms. The van der Waals surface area contributed by atoms with Gasteiger partial charge in [-0.2, -0.15) is 13.2 Å². The molecule has 0 spiro atoms. The van der Waals surface area contributed by atoms with Crippen molar-refractivity contribution in [2.45, 2.75) is 44.7 Å². The molecule has 4 aliphatic carbocycles. The molecule has 0 aromatic carbocycles. The summed E-state index contributed by atoms with van der Waals surface area (Å²) in [6.07, 6.45) is 3.33. The molecule has 4 nitrogen and oxygen atoms in total. The number of carbonyl (C=O) groups excluding carboxylic acids is 1. The van der Waals surface area contributed by atoms with Gasteiger partial charge in [-0.1, -0.05) is 11.6 Å². The van der Waals surface area contributed by atoms with E-state index in [1.165, 1.54) is 19.3 Å². The normalized spacial score (nSPS) is 31.8. The van der Waals surface area contributed by atoms with Crippen LogP contribution in [0.3, 0.4) is 0 Å². The molecule has 4 fully saturated rings. The number of pyridine rings is 1. The minimum absolute atomic E-state index is 0.0303. The lowest BCUT2D eigenvalue weighted by Gasteiger charge is -2.55. The molecule has 1 amide bonds. The van der Waals surface area contributed by atoms with Crippen LogP contribution in [-0.4, -0.2) is 19.0 Å². The molecule has 0 aliphatic heterocycles. The molecule has 0 unspecified atom stereocenters. The summed E-state index contributed by atoms with van der Waals surface area (Å²) >= 11 is 5.91. The maximum atomic E-state index is 12.8. The molecule has 4 bridgehead atoms. The van der Waals surface area contributed by atoms with E-state index in [0.717, 1.165) is 31.5 Å². The number of hydrogen-bond acceptors (Lipinski definition) is 2. The number of nitrogens with one attached hydrogen (secondary N) is 3. The third-order valence-corrected chi connectivity index (χ3v) is 6.75. The molecule has 8 heteroatoms. The van der Waals surface area contributed by atoms with E-state index in [2.05, 4.69) is 15.6 Å². The van der Waals surface area contributed by atoms with Crippen LogP contribution in [0, 0.1) is 23.2 Å². The van der Waals surface area contributed by atoms with E-state index >= 15 is 0 Å². The van der Waals surface area contributed by atoms with Crippen molar-refractivity contribution in [3.8, 4) is 0 Å². The first-order chi connectivity index (χ1) is 12.7. The summed E-state index contributed by atoms with van der Waals surface area (Å²) in [5, 5.41) is 5.95. The Balaban J connectivity index is 1.29. The zero-order chi connectivity index (χ0) is 19.2. The molecule has 148 valence electrons. The zero-order valence-electron chi connectivity index (χ0n) is 15.0. The van der Waals surface area contributed by atoms with Gasteiger partial charge < -0.3 is 5.32 Å². The largest absolute Gasteiger partial charge is 0.419 e. The van der Waals surface area contributed by atoms with Crippen molar-refractivity contribution in [2.24, 2.45) is 23.2 Å². The Morgan fingerprint density at radius 3 is 2.26 bits per heavy atom. The van der Waals surface area contributed by atoms with Gasteiger partial charge in [-0.3, -0.25) is 10.1 Å². The van der Waals surface area contributed by atoms with Gasteiger partial charge in [0.2, 0.25) is 5.91 Å². The number of carbonyl (C=O) groups is 1. The van der Waals surface area contributed by atoms with Crippen molar-refractivity contribution in [2.75, 3.05) is 18.4 Å². The SMILES string of the molecule is O=C(NCCNc1[nH+]cc(C(F)(F)F)cc1Cl)C12CC3CC(CC(C3)C1)C2. The highest BCUT2D eigenvalue weighted by Gasteiger charge is 2.54. The number of alkyl halides is 3. The molecule has 0 saturated heterocycles. The van der Waals surface area contributed by atoms with Crippen molar-refractivity contribution < 1.29 is 22.9 Å². The third-order valence-electron chi connectivity index (χ3n) is 6.45. The second-order valence-corrected chi connectivity index (χ2v) is 8.90. The highest BCUT2D eigenvalue weighted by molar-refractivity contribution is 6.32. The first-order valence-electron chi connectivity index (χ1n) is 9.56. The average Bonchev–Trinajstić information content (AvgIpc) is 2.57. The number of aromatic nitrogens is 1. The Morgan fingerprint density at radius 1 is 1.15 bits per heavy atom.